The highest BCUT2D eigenvalue weighted by Gasteiger charge is 2.23. The van der Waals surface area contributed by atoms with E-state index in [2.05, 4.69) is 9.97 Å². The summed E-state index contributed by atoms with van der Waals surface area (Å²) in [5.74, 6) is -0.525. The predicted molar refractivity (Wildman–Crippen MR) is 105 cm³/mol. The van der Waals surface area contributed by atoms with Gasteiger partial charge in [0.1, 0.15) is 11.5 Å². The van der Waals surface area contributed by atoms with Crippen molar-refractivity contribution in [2.24, 2.45) is 0 Å². The molecule has 2 aromatic carbocycles. The molecular formula is C20H17FN4OS. The van der Waals surface area contributed by atoms with Gasteiger partial charge in [0.05, 0.1) is 22.7 Å². The molecule has 4 rings (SSSR count). The zero-order valence-corrected chi connectivity index (χ0v) is 15.7. The average Bonchev–Trinajstić information content (AvgIpc) is 3.31. The van der Waals surface area contributed by atoms with Crippen LogP contribution in [-0.2, 0) is 0 Å². The molecule has 136 valence electrons. The molecule has 0 N–H and O–H groups in total. The van der Waals surface area contributed by atoms with Crippen LogP contribution in [0.25, 0.3) is 15.9 Å². The van der Waals surface area contributed by atoms with Gasteiger partial charge in [-0.3, -0.25) is 14.3 Å². The standard InChI is InChI=1S/C20H17FN4OS/c1-3-24(20-23-18-13(2)5-4-6-17(18)27-20)19(26)16-11-22-12-25(16)15-9-7-14(21)8-10-15/h4-12H,3H2,1-2H3. The number of hydrogen-bond acceptors (Lipinski definition) is 4. The molecule has 0 aliphatic heterocycles. The van der Waals surface area contributed by atoms with Crippen molar-refractivity contribution >= 4 is 32.6 Å². The van der Waals surface area contributed by atoms with Gasteiger partial charge in [-0.05, 0) is 49.7 Å². The van der Waals surface area contributed by atoms with Crippen LogP contribution in [0.5, 0.6) is 0 Å². The van der Waals surface area contributed by atoms with Gasteiger partial charge in [-0.2, -0.15) is 0 Å². The van der Waals surface area contributed by atoms with Gasteiger partial charge in [-0.25, -0.2) is 14.4 Å². The van der Waals surface area contributed by atoms with E-state index in [9.17, 15) is 9.18 Å². The van der Waals surface area contributed by atoms with E-state index in [1.807, 2.05) is 32.0 Å². The number of para-hydroxylation sites is 1. The van der Waals surface area contributed by atoms with Crippen molar-refractivity contribution in [3.8, 4) is 5.69 Å². The Morgan fingerprint density at radius 2 is 2.00 bits per heavy atom. The van der Waals surface area contributed by atoms with Crippen LogP contribution in [0.1, 0.15) is 23.0 Å². The highest BCUT2D eigenvalue weighted by molar-refractivity contribution is 7.22. The van der Waals surface area contributed by atoms with Gasteiger partial charge in [0.2, 0.25) is 0 Å². The van der Waals surface area contributed by atoms with Gasteiger partial charge in [0.15, 0.2) is 5.13 Å². The van der Waals surface area contributed by atoms with E-state index in [1.54, 1.807) is 27.9 Å². The first-order valence-corrected chi connectivity index (χ1v) is 9.36. The second-order valence-electron chi connectivity index (χ2n) is 6.09. The first-order valence-electron chi connectivity index (χ1n) is 8.54. The normalized spacial score (nSPS) is 11.1. The van der Waals surface area contributed by atoms with Gasteiger partial charge < -0.3 is 0 Å². The summed E-state index contributed by atoms with van der Waals surface area (Å²) in [7, 11) is 0. The summed E-state index contributed by atoms with van der Waals surface area (Å²) in [5.41, 5.74) is 3.07. The fraction of sp³-hybridized carbons (Fsp3) is 0.150. The average molecular weight is 380 g/mol. The van der Waals surface area contributed by atoms with E-state index >= 15 is 0 Å². The number of imidazole rings is 1. The molecule has 27 heavy (non-hydrogen) atoms. The van der Waals surface area contributed by atoms with Crippen LogP contribution >= 0.6 is 11.3 Å². The van der Waals surface area contributed by atoms with Gasteiger partial charge in [-0.15, -0.1) is 0 Å². The molecule has 4 aromatic rings. The van der Waals surface area contributed by atoms with Crippen LogP contribution in [0, 0.1) is 12.7 Å². The minimum atomic E-state index is -0.327. The Hall–Kier alpha value is -3.06. The van der Waals surface area contributed by atoms with Gasteiger partial charge in [0, 0.05) is 12.2 Å². The van der Waals surface area contributed by atoms with Crippen molar-refractivity contribution in [3.05, 3.63) is 72.1 Å². The summed E-state index contributed by atoms with van der Waals surface area (Å²) >= 11 is 1.49. The Morgan fingerprint density at radius 3 is 2.70 bits per heavy atom. The SMILES string of the molecule is CCN(C(=O)c1cncn1-c1ccc(F)cc1)c1nc2c(C)cccc2s1. The first-order chi connectivity index (χ1) is 13.1. The van der Waals surface area contributed by atoms with Crippen LogP contribution in [0.4, 0.5) is 9.52 Å². The molecule has 0 aliphatic carbocycles. The van der Waals surface area contributed by atoms with Crippen LogP contribution in [0.3, 0.4) is 0 Å². The molecule has 0 unspecified atom stereocenters. The second-order valence-corrected chi connectivity index (χ2v) is 7.10. The van der Waals surface area contributed by atoms with Gasteiger partial charge in [0.25, 0.3) is 5.91 Å². The molecule has 0 spiro atoms. The fourth-order valence-electron chi connectivity index (χ4n) is 2.95. The van der Waals surface area contributed by atoms with Crippen LogP contribution < -0.4 is 4.90 Å². The Bertz CT molecular complexity index is 1120. The molecule has 2 aromatic heterocycles. The number of aromatic nitrogens is 3. The Kier molecular flexibility index (Phi) is 4.45. The molecule has 0 aliphatic rings. The first kappa shape index (κ1) is 17.4. The molecule has 1 amide bonds. The molecule has 7 heteroatoms. The summed E-state index contributed by atoms with van der Waals surface area (Å²) in [6, 6.07) is 11.9. The van der Waals surface area contributed by atoms with Crippen molar-refractivity contribution in [1.82, 2.24) is 14.5 Å². The third-order valence-electron chi connectivity index (χ3n) is 4.36. The molecule has 0 atom stereocenters. The van der Waals surface area contributed by atoms with E-state index in [0.29, 0.717) is 23.1 Å². The zero-order valence-electron chi connectivity index (χ0n) is 14.9. The largest absolute Gasteiger partial charge is 0.295 e. The number of halogens is 1. The maximum atomic E-state index is 13.2. The third kappa shape index (κ3) is 3.10. The number of aryl methyl sites for hydroxylation is 1. The minimum Gasteiger partial charge on any atom is -0.295 e. The topological polar surface area (TPSA) is 51.0 Å². The number of hydrogen-bond donors (Lipinski definition) is 0. The number of nitrogens with zero attached hydrogens (tertiary/aromatic N) is 4. The molecule has 0 saturated carbocycles. The fourth-order valence-corrected chi connectivity index (χ4v) is 4.06. The molecule has 0 fully saturated rings. The number of rotatable bonds is 4. The smallest absolute Gasteiger partial charge is 0.278 e. The van der Waals surface area contributed by atoms with Gasteiger partial charge >= 0.3 is 0 Å². The Balaban J connectivity index is 1.73. The number of benzene rings is 2. The minimum absolute atomic E-state index is 0.198. The highest BCUT2D eigenvalue weighted by Crippen LogP contribution is 2.31. The maximum absolute atomic E-state index is 13.2. The van der Waals surface area contributed by atoms with Crippen molar-refractivity contribution in [1.29, 1.82) is 0 Å². The third-order valence-corrected chi connectivity index (χ3v) is 5.41. The van der Waals surface area contributed by atoms with E-state index < -0.39 is 0 Å². The Morgan fingerprint density at radius 1 is 1.22 bits per heavy atom. The molecule has 2 heterocycles. The van der Waals surface area contributed by atoms with E-state index in [0.717, 1.165) is 15.8 Å². The lowest BCUT2D eigenvalue weighted by Gasteiger charge is -2.18. The molecule has 0 saturated heterocycles. The van der Waals surface area contributed by atoms with Crippen LogP contribution in [0.15, 0.2) is 55.0 Å². The summed E-state index contributed by atoms with van der Waals surface area (Å²) in [6.45, 7) is 4.40. The van der Waals surface area contributed by atoms with Crippen molar-refractivity contribution in [2.75, 3.05) is 11.4 Å². The quantitative estimate of drug-likeness (QED) is 0.520. The van der Waals surface area contributed by atoms with Crippen LogP contribution in [0.2, 0.25) is 0 Å². The summed E-state index contributed by atoms with van der Waals surface area (Å²) in [4.78, 5) is 23.6. The monoisotopic (exact) mass is 380 g/mol. The van der Waals surface area contributed by atoms with Crippen molar-refractivity contribution < 1.29 is 9.18 Å². The number of carbonyl (C=O) groups is 1. The lowest BCUT2D eigenvalue weighted by atomic mass is 10.2. The highest BCUT2D eigenvalue weighted by atomic mass is 32.1. The number of fused-ring (bicyclic) bond motifs is 1. The van der Waals surface area contributed by atoms with Crippen LogP contribution in [-0.4, -0.2) is 27.0 Å². The molecule has 0 bridgehead atoms. The maximum Gasteiger partial charge on any atom is 0.278 e. The summed E-state index contributed by atoms with van der Waals surface area (Å²) in [6.07, 6.45) is 3.07. The Labute approximate surface area is 159 Å². The number of thiazole rings is 1. The second kappa shape index (κ2) is 6.92. The summed E-state index contributed by atoms with van der Waals surface area (Å²) in [5, 5.41) is 0.652. The molecule has 0 radical (unpaired) electrons. The number of anilines is 1. The number of carbonyl (C=O) groups excluding carboxylic acids is 1. The van der Waals surface area contributed by atoms with E-state index in [1.165, 1.54) is 29.7 Å². The predicted octanol–water partition coefficient (Wildman–Crippen LogP) is 4.60. The molecule has 5 nitrogen and oxygen atoms in total. The van der Waals surface area contributed by atoms with Gasteiger partial charge in [-0.1, -0.05) is 23.5 Å². The van der Waals surface area contributed by atoms with Crippen molar-refractivity contribution in [3.63, 3.8) is 0 Å². The van der Waals surface area contributed by atoms with Crippen molar-refractivity contribution in [2.45, 2.75) is 13.8 Å². The molecular weight excluding hydrogens is 363 g/mol. The van der Waals surface area contributed by atoms with E-state index in [4.69, 9.17) is 0 Å². The zero-order chi connectivity index (χ0) is 19.0. The van der Waals surface area contributed by atoms with E-state index in [-0.39, 0.29) is 11.7 Å². The number of amides is 1. The lowest BCUT2D eigenvalue weighted by molar-refractivity contribution is 0.0982. The lowest BCUT2D eigenvalue weighted by Crippen LogP contribution is -2.32. The summed E-state index contributed by atoms with van der Waals surface area (Å²) < 4.78 is 15.9.